The van der Waals surface area contributed by atoms with Gasteiger partial charge in [0.15, 0.2) is 0 Å². The molecule has 0 saturated heterocycles. The Hall–Kier alpha value is -10.1. The number of aromatic carboxylic acids is 4. The Morgan fingerprint density at radius 2 is 0.821 bits per heavy atom. The molecule has 84 heavy (non-hydrogen) atoms. The first kappa shape index (κ1) is 63.1. The van der Waals surface area contributed by atoms with E-state index in [0.717, 1.165) is 24.3 Å². The molecule has 0 unspecified atom stereocenters. The van der Waals surface area contributed by atoms with Crippen LogP contribution in [-0.4, -0.2) is 141 Å². The second-order valence-corrected chi connectivity index (χ2v) is 18.7. The van der Waals surface area contributed by atoms with Crippen LogP contribution in [0.5, 0.6) is 23.0 Å². The van der Waals surface area contributed by atoms with Crippen LogP contribution in [0, 0.1) is 47.9 Å². The van der Waals surface area contributed by atoms with E-state index >= 15 is 0 Å². The van der Waals surface area contributed by atoms with Crippen molar-refractivity contribution < 1.29 is 87.5 Å². The van der Waals surface area contributed by atoms with Gasteiger partial charge in [-0.15, -0.1) is 0 Å². The number of carboxylic acid groups (broad SMARTS) is 4. The average Bonchev–Trinajstić information content (AvgIpc) is 1.24. The van der Waals surface area contributed by atoms with Crippen molar-refractivity contribution in [1.82, 2.24) is 20.6 Å². The highest BCUT2D eigenvalue weighted by molar-refractivity contribution is 6.29. The van der Waals surface area contributed by atoms with E-state index in [1.165, 1.54) is 39.8 Å². The summed E-state index contributed by atoms with van der Waals surface area (Å²) in [6.45, 7) is 5.84. The zero-order chi connectivity index (χ0) is 61.0. The van der Waals surface area contributed by atoms with Crippen LogP contribution in [0.2, 0.25) is 0 Å². The molecule has 0 aliphatic heterocycles. The van der Waals surface area contributed by atoms with E-state index in [9.17, 15) is 69.4 Å². The fourth-order valence-corrected chi connectivity index (χ4v) is 8.87. The Kier molecular flexibility index (Phi) is 22.6. The van der Waals surface area contributed by atoms with Crippen LogP contribution in [0.4, 0.5) is 11.4 Å². The molecule has 2 atom stereocenters. The highest BCUT2D eigenvalue weighted by Gasteiger charge is 2.32. The predicted molar refractivity (Wildman–Crippen MR) is 298 cm³/mol. The summed E-state index contributed by atoms with van der Waals surface area (Å²) in [6.07, 6.45) is -0.436. The van der Waals surface area contributed by atoms with E-state index in [1.807, 2.05) is 0 Å². The van der Waals surface area contributed by atoms with E-state index in [0.29, 0.717) is 50.3 Å². The van der Waals surface area contributed by atoms with Crippen molar-refractivity contribution in [2.24, 2.45) is 0 Å². The molecule has 2 heterocycles. The number of nitrogens with zero attached hydrogens (tertiary/aromatic N) is 4. The first-order valence-corrected chi connectivity index (χ1v) is 26.1. The van der Waals surface area contributed by atoms with Gasteiger partial charge >= 0.3 is 35.8 Å². The van der Waals surface area contributed by atoms with Crippen molar-refractivity contribution in [2.75, 3.05) is 52.6 Å². The third-order valence-electron chi connectivity index (χ3n) is 12.7. The summed E-state index contributed by atoms with van der Waals surface area (Å²) in [5.41, 5.74) is -3.51. The maximum atomic E-state index is 13.4. The molecule has 6 N–H and O–H groups in total. The van der Waals surface area contributed by atoms with E-state index in [1.54, 1.807) is 60.7 Å². The van der Waals surface area contributed by atoms with Crippen LogP contribution in [0.1, 0.15) is 89.9 Å². The van der Waals surface area contributed by atoms with Crippen molar-refractivity contribution in [3.8, 4) is 45.3 Å². The second kappa shape index (κ2) is 30.1. The van der Waals surface area contributed by atoms with Crippen molar-refractivity contribution in [3.05, 3.63) is 162 Å². The van der Waals surface area contributed by atoms with Gasteiger partial charge in [0.1, 0.15) is 48.4 Å². The topological polar surface area (TPSA) is 375 Å². The first-order chi connectivity index (χ1) is 40.2. The van der Waals surface area contributed by atoms with Gasteiger partial charge in [0, 0.05) is 59.6 Å². The summed E-state index contributed by atoms with van der Waals surface area (Å²) < 4.78 is 34.9. The summed E-state index contributed by atoms with van der Waals surface area (Å²) in [5.74, 6) is -7.70. The molecule has 4 aromatic carbocycles. The highest BCUT2D eigenvalue weighted by atomic mass is 16.6. The fourth-order valence-electron chi connectivity index (χ4n) is 8.87. The molecule has 26 heteroatoms. The highest BCUT2D eigenvalue weighted by Crippen LogP contribution is 2.41. The molecule has 2 aromatic heterocycles. The molecule has 442 valence electrons. The summed E-state index contributed by atoms with van der Waals surface area (Å²) >= 11 is 0. The maximum absolute atomic E-state index is 13.4. The van der Waals surface area contributed by atoms with Crippen molar-refractivity contribution in [1.29, 1.82) is 0 Å². The SMILES string of the molecule is Cc1nc(C)c(C(=O)O)c(-c2cc([N+](=O)[O-])ccc2OCCCCNC[C@H](COc2ccccc2)OC(=O)C(=O)O[C@H](CNCCCCOc2ccc([N+](=O)[O-])cc2-c2c(C(=O)O)c(C)nc(C)c2C(=O)O)COc2ccccc2)c1C(=O)O. The lowest BCUT2D eigenvalue weighted by atomic mass is 9.91. The Bertz CT molecular complexity index is 3100. The quantitative estimate of drug-likeness (QED) is 0.00770. The van der Waals surface area contributed by atoms with E-state index in [-0.39, 0.29) is 96.0 Å². The molecule has 0 spiro atoms. The molecule has 0 aliphatic carbocycles. The van der Waals surface area contributed by atoms with Crippen LogP contribution >= 0.6 is 0 Å². The lowest BCUT2D eigenvalue weighted by Gasteiger charge is -2.21. The molecule has 0 fully saturated rings. The number of nitro groups is 2. The zero-order valence-corrected chi connectivity index (χ0v) is 46.0. The average molecular weight is 1160 g/mol. The summed E-state index contributed by atoms with van der Waals surface area (Å²) in [5, 5.41) is 70.4. The number of nitrogens with one attached hydrogen (secondary N) is 2. The monoisotopic (exact) mass is 1160 g/mol. The molecule has 0 amide bonds. The standard InChI is InChI=1S/C58H60N6O20/c1-33-47(53(65)66)51(48(54(67)68)34(2)61-33)43-27-37(63(75)76)19-21-45(43)79-25-13-11-23-59-29-41(31-81-39-15-7-5-8-16-39)83-57(73)58(74)84-42(32-82-40-17-9-6-10-18-40)30-60-24-12-14-26-80-46-22-20-38(64(77)78)28-44(46)52-49(55(69)70)35(3)62-36(4)50(52)56(71)72/h5-10,15-22,27-28,41-42,59-60H,11-14,23-26,29-32H2,1-4H3,(H,65,66)(H,67,68)(H,69,70)(H,71,72)/t41-,42-/m1/s1. The third kappa shape index (κ3) is 17.0. The van der Waals surface area contributed by atoms with Gasteiger partial charge in [0.05, 0.1) is 68.1 Å². The number of hydrogen-bond donors (Lipinski definition) is 6. The van der Waals surface area contributed by atoms with Crippen LogP contribution in [0.3, 0.4) is 0 Å². The summed E-state index contributed by atoms with van der Waals surface area (Å²) in [6, 6.07) is 24.2. The maximum Gasteiger partial charge on any atom is 0.417 e. The van der Waals surface area contributed by atoms with Gasteiger partial charge < -0.3 is 59.5 Å². The van der Waals surface area contributed by atoms with Gasteiger partial charge in [0.25, 0.3) is 11.4 Å². The van der Waals surface area contributed by atoms with Crippen LogP contribution < -0.4 is 29.6 Å². The normalized spacial score (nSPS) is 11.6. The molecule has 6 rings (SSSR count). The Morgan fingerprint density at radius 3 is 1.13 bits per heavy atom. The third-order valence-corrected chi connectivity index (χ3v) is 12.7. The number of rotatable bonds is 32. The summed E-state index contributed by atoms with van der Waals surface area (Å²) in [7, 11) is 0. The molecule has 6 aromatic rings. The fraction of sp³-hybridized carbons (Fsp3) is 0.310. The van der Waals surface area contributed by atoms with E-state index in [2.05, 4.69) is 20.6 Å². The lowest BCUT2D eigenvalue weighted by molar-refractivity contribution is -0.385. The molecule has 26 nitrogen and oxygen atoms in total. The first-order valence-electron chi connectivity index (χ1n) is 26.1. The number of nitro benzene ring substituents is 2. The minimum atomic E-state index is -1.49. The van der Waals surface area contributed by atoms with Gasteiger partial charge in [-0.25, -0.2) is 28.8 Å². The molecule has 0 radical (unpaired) electrons. The lowest BCUT2D eigenvalue weighted by Crippen LogP contribution is -2.41. The van der Waals surface area contributed by atoms with Gasteiger partial charge in [-0.2, -0.15) is 0 Å². The smallest absolute Gasteiger partial charge is 0.417 e. The van der Waals surface area contributed by atoms with Crippen LogP contribution in [0.15, 0.2) is 97.1 Å². The number of carboxylic acids is 4. The van der Waals surface area contributed by atoms with E-state index in [4.69, 9.17) is 28.4 Å². The molecule has 0 aliphatic rings. The minimum Gasteiger partial charge on any atom is -0.493 e. The second-order valence-electron chi connectivity index (χ2n) is 18.7. The van der Waals surface area contributed by atoms with Crippen molar-refractivity contribution in [2.45, 2.75) is 65.6 Å². The molecular formula is C58H60N6O20. The Morgan fingerprint density at radius 1 is 0.488 bits per heavy atom. The largest absolute Gasteiger partial charge is 0.493 e. The summed E-state index contributed by atoms with van der Waals surface area (Å²) in [4.78, 5) is 107. The Labute approximate surface area is 479 Å². The molecular weight excluding hydrogens is 1100 g/mol. The van der Waals surface area contributed by atoms with Crippen molar-refractivity contribution in [3.63, 3.8) is 0 Å². The number of benzene rings is 4. The number of ether oxygens (including phenoxy) is 6. The van der Waals surface area contributed by atoms with E-state index < -0.39 is 91.5 Å². The number of hydrogen-bond acceptors (Lipinski definition) is 20. The van der Waals surface area contributed by atoms with Gasteiger partial charge in [0.2, 0.25) is 0 Å². The van der Waals surface area contributed by atoms with Crippen LogP contribution in [-0.2, 0) is 19.1 Å². The number of para-hydroxylation sites is 2. The van der Waals surface area contributed by atoms with Crippen LogP contribution in [0.25, 0.3) is 22.3 Å². The number of esters is 2. The number of carbonyl (C=O) groups is 6. The van der Waals surface area contributed by atoms with Crippen molar-refractivity contribution >= 4 is 47.2 Å². The zero-order valence-electron chi connectivity index (χ0n) is 46.0. The molecule has 0 saturated carbocycles. The van der Waals surface area contributed by atoms with Gasteiger partial charge in [-0.05, 0) is 103 Å². The Balaban J connectivity index is 1.05. The predicted octanol–water partition coefficient (Wildman–Crippen LogP) is 7.83. The number of aryl methyl sites for hydroxylation is 4. The number of carbonyl (C=O) groups excluding carboxylic acids is 2. The van der Waals surface area contributed by atoms with Gasteiger partial charge in [-0.3, -0.25) is 30.2 Å². The number of non-ortho nitro benzene ring substituents is 2. The number of pyridine rings is 2. The number of aromatic nitrogens is 2. The minimum absolute atomic E-state index is 0.00178. The molecule has 0 bridgehead atoms. The van der Waals surface area contributed by atoms with Gasteiger partial charge in [-0.1, -0.05) is 36.4 Å². The number of unbranched alkanes of at least 4 members (excludes halogenated alkanes) is 2.